The lowest BCUT2D eigenvalue weighted by Crippen LogP contribution is -2.37. The summed E-state index contributed by atoms with van der Waals surface area (Å²) < 4.78 is 4.84. The summed E-state index contributed by atoms with van der Waals surface area (Å²) in [4.78, 5) is 11.0. The van der Waals surface area contributed by atoms with Crippen molar-refractivity contribution >= 4 is 5.97 Å². The molecule has 0 saturated heterocycles. The zero-order valence-electron chi connectivity index (χ0n) is 11.4. The molecule has 17 heavy (non-hydrogen) atoms. The molecule has 0 aliphatic carbocycles. The van der Waals surface area contributed by atoms with E-state index < -0.39 is 5.60 Å². The van der Waals surface area contributed by atoms with Crippen LogP contribution in [0.3, 0.4) is 0 Å². The maximum absolute atomic E-state index is 11.0. The second-order valence-electron chi connectivity index (χ2n) is 4.64. The SMILES string of the molecule is CCOC(=O)CCCCCNCC(C)(O)CC. The molecule has 0 heterocycles. The van der Waals surface area contributed by atoms with Crippen LogP contribution < -0.4 is 5.32 Å². The standard InChI is InChI=1S/C13H27NO3/c1-4-13(3,16)11-14-10-8-6-7-9-12(15)17-5-2/h14,16H,4-11H2,1-3H3. The Balaban J connectivity index is 3.27. The molecule has 2 N–H and O–H groups in total. The van der Waals surface area contributed by atoms with Gasteiger partial charge in [0.2, 0.25) is 0 Å². The molecule has 4 nitrogen and oxygen atoms in total. The highest BCUT2D eigenvalue weighted by Crippen LogP contribution is 2.06. The molecule has 4 heteroatoms. The molecule has 1 unspecified atom stereocenters. The molecular formula is C13H27NO3. The molecule has 0 amide bonds. The normalized spacial score (nSPS) is 14.4. The van der Waals surface area contributed by atoms with Crippen LogP contribution in [-0.4, -0.2) is 36.4 Å². The Morgan fingerprint density at radius 1 is 1.29 bits per heavy atom. The van der Waals surface area contributed by atoms with Crippen LogP contribution in [0.2, 0.25) is 0 Å². The number of rotatable bonds is 10. The average Bonchev–Trinajstić information content (AvgIpc) is 2.28. The van der Waals surface area contributed by atoms with Crippen molar-refractivity contribution in [2.24, 2.45) is 0 Å². The summed E-state index contributed by atoms with van der Waals surface area (Å²) in [6, 6.07) is 0. The summed E-state index contributed by atoms with van der Waals surface area (Å²) in [6.45, 7) is 7.61. The van der Waals surface area contributed by atoms with Gasteiger partial charge in [-0.1, -0.05) is 13.3 Å². The van der Waals surface area contributed by atoms with Gasteiger partial charge in [-0.25, -0.2) is 0 Å². The summed E-state index contributed by atoms with van der Waals surface area (Å²) in [6.07, 6.45) is 4.19. The molecule has 0 bridgehead atoms. The summed E-state index contributed by atoms with van der Waals surface area (Å²) in [5.41, 5.74) is -0.606. The van der Waals surface area contributed by atoms with Crippen LogP contribution in [0.25, 0.3) is 0 Å². The number of hydrogen-bond donors (Lipinski definition) is 2. The Morgan fingerprint density at radius 3 is 2.59 bits per heavy atom. The highest BCUT2D eigenvalue weighted by Gasteiger charge is 2.15. The van der Waals surface area contributed by atoms with Gasteiger partial charge in [0.1, 0.15) is 0 Å². The Bertz CT molecular complexity index is 205. The van der Waals surface area contributed by atoms with Crippen LogP contribution in [-0.2, 0) is 9.53 Å². The largest absolute Gasteiger partial charge is 0.466 e. The number of nitrogens with one attached hydrogen (secondary N) is 1. The number of ether oxygens (including phenoxy) is 1. The van der Waals surface area contributed by atoms with E-state index in [1.165, 1.54) is 0 Å². The Kier molecular flexibility index (Phi) is 9.09. The molecule has 0 spiro atoms. The molecule has 0 aliphatic heterocycles. The second kappa shape index (κ2) is 9.42. The van der Waals surface area contributed by atoms with Crippen LogP contribution in [0.15, 0.2) is 0 Å². The van der Waals surface area contributed by atoms with Gasteiger partial charge in [0.25, 0.3) is 0 Å². The summed E-state index contributed by atoms with van der Waals surface area (Å²) in [5, 5.41) is 13.0. The minimum absolute atomic E-state index is 0.102. The van der Waals surface area contributed by atoms with E-state index in [2.05, 4.69) is 5.32 Å². The van der Waals surface area contributed by atoms with E-state index in [0.717, 1.165) is 32.2 Å². The van der Waals surface area contributed by atoms with Gasteiger partial charge >= 0.3 is 5.97 Å². The van der Waals surface area contributed by atoms with E-state index in [-0.39, 0.29) is 5.97 Å². The summed E-state index contributed by atoms with van der Waals surface area (Å²) >= 11 is 0. The predicted octanol–water partition coefficient (Wildman–Crippen LogP) is 1.86. The van der Waals surface area contributed by atoms with Gasteiger partial charge in [-0.3, -0.25) is 4.79 Å². The maximum Gasteiger partial charge on any atom is 0.305 e. The van der Waals surface area contributed by atoms with E-state index in [9.17, 15) is 9.90 Å². The number of unbranched alkanes of at least 4 members (excludes halogenated alkanes) is 2. The highest BCUT2D eigenvalue weighted by atomic mass is 16.5. The molecular weight excluding hydrogens is 218 g/mol. The first-order valence-corrected chi connectivity index (χ1v) is 6.60. The summed E-state index contributed by atoms with van der Waals surface area (Å²) in [5.74, 6) is -0.102. The lowest BCUT2D eigenvalue weighted by molar-refractivity contribution is -0.143. The third kappa shape index (κ3) is 10.3. The summed E-state index contributed by atoms with van der Waals surface area (Å²) in [7, 11) is 0. The van der Waals surface area contributed by atoms with Crippen molar-refractivity contribution < 1.29 is 14.6 Å². The highest BCUT2D eigenvalue weighted by molar-refractivity contribution is 5.69. The van der Waals surface area contributed by atoms with Crippen LogP contribution in [0.5, 0.6) is 0 Å². The van der Waals surface area contributed by atoms with Crippen LogP contribution in [0, 0.1) is 0 Å². The minimum Gasteiger partial charge on any atom is -0.466 e. The van der Waals surface area contributed by atoms with Gasteiger partial charge in [0.05, 0.1) is 12.2 Å². The molecule has 0 aromatic heterocycles. The van der Waals surface area contributed by atoms with Crippen LogP contribution in [0.4, 0.5) is 0 Å². The smallest absolute Gasteiger partial charge is 0.305 e. The van der Waals surface area contributed by atoms with Gasteiger partial charge in [-0.05, 0) is 39.7 Å². The fourth-order valence-corrected chi connectivity index (χ4v) is 1.41. The Morgan fingerprint density at radius 2 is 2.00 bits per heavy atom. The van der Waals surface area contributed by atoms with E-state index >= 15 is 0 Å². The molecule has 0 rings (SSSR count). The lowest BCUT2D eigenvalue weighted by atomic mass is 10.0. The minimum atomic E-state index is -0.606. The average molecular weight is 245 g/mol. The molecule has 0 saturated carbocycles. The van der Waals surface area contributed by atoms with E-state index in [0.29, 0.717) is 19.6 Å². The number of aliphatic hydroxyl groups is 1. The van der Waals surface area contributed by atoms with E-state index in [1.54, 1.807) is 0 Å². The topological polar surface area (TPSA) is 58.6 Å². The fraction of sp³-hybridized carbons (Fsp3) is 0.923. The first kappa shape index (κ1) is 16.4. The maximum atomic E-state index is 11.0. The molecule has 0 radical (unpaired) electrons. The monoisotopic (exact) mass is 245 g/mol. The van der Waals surface area contributed by atoms with Crippen LogP contribution in [0.1, 0.15) is 52.9 Å². The molecule has 102 valence electrons. The molecule has 0 fully saturated rings. The van der Waals surface area contributed by atoms with Crippen molar-refractivity contribution in [2.75, 3.05) is 19.7 Å². The molecule has 0 aromatic rings. The zero-order valence-corrected chi connectivity index (χ0v) is 11.4. The predicted molar refractivity (Wildman–Crippen MR) is 68.9 cm³/mol. The third-order valence-corrected chi connectivity index (χ3v) is 2.81. The lowest BCUT2D eigenvalue weighted by Gasteiger charge is -2.21. The van der Waals surface area contributed by atoms with Gasteiger partial charge in [-0.15, -0.1) is 0 Å². The van der Waals surface area contributed by atoms with Gasteiger partial charge < -0.3 is 15.2 Å². The first-order chi connectivity index (χ1) is 8.02. The first-order valence-electron chi connectivity index (χ1n) is 6.60. The number of carbonyl (C=O) groups is 1. The zero-order chi connectivity index (χ0) is 13.1. The fourth-order valence-electron chi connectivity index (χ4n) is 1.41. The molecule has 0 aliphatic rings. The van der Waals surface area contributed by atoms with Gasteiger partial charge in [-0.2, -0.15) is 0 Å². The Hall–Kier alpha value is -0.610. The van der Waals surface area contributed by atoms with Crippen LogP contribution >= 0.6 is 0 Å². The van der Waals surface area contributed by atoms with Crippen molar-refractivity contribution in [1.82, 2.24) is 5.32 Å². The number of hydrogen-bond acceptors (Lipinski definition) is 4. The Labute approximate surface area is 105 Å². The van der Waals surface area contributed by atoms with Crippen molar-refractivity contribution in [1.29, 1.82) is 0 Å². The van der Waals surface area contributed by atoms with Crippen molar-refractivity contribution in [2.45, 2.75) is 58.5 Å². The molecule has 0 aromatic carbocycles. The van der Waals surface area contributed by atoms with Crippen molar-refractivity contribution in [3.8, 4) is 0 Å². The molecule has 1 atom stereocenters. The van der Waals surface area contributed by atoms with Crippen molar-refractivity contribution in [3.63, 3.8) is 0 Å². The van der Waals surface area contributed by atoms with E-state index in [4.69, 9.17) is 4.74 Å². The van der Waals surface area contributed by atoms with Crippen molar-refractivity contribution in [3.05, 3.63) is 0 Å². The quantitative estimate of drug-likeness (QED) is 0.455. The van der Waals surface area contributed by atoms with Gasteiger partial charge in [0, 0.05) is 13.0 Å². The third-order valence-electron chi connectivity index (χ3n) is 2.81. The second-order valence-corrected chi connectivity index (χ2v) is 4.64. The number of esters is 1. The van der Waals surface area contributed by atoms with E-state index in [1.807, 2.05) is 20.8 Å². The van der Waals surface area contributed by atoms with Gasteiger partial charge in [0.15, 0.2) is 0 Å². The number of carbonyl (C=O) groups excluding carboxylic acids is 1.